The van der Waals surface area contributed by atoms with Crippen molar-refractivity contribution in [3.05, 3.63) is 80.8 Å². The topological polar surface area (TPSA) is 89.9 Å². The number of nitrogens with one attached hydrogen (secondary N) is 1. The number of carbonyl (C=O) groups is 1. The summed E-state index contributed by atoms with van der Waals surface area (Å²) in [6.07, 6.45) is 7.79. The third-order valence-corrected chi connectivity index (χ3v) is 8.14. The predicted molar refractivity (Wildman–Crippen MR) is 175 cm³/mol. The zero-order valence-electron chi connectivity index (χ0n) is 25.4. The number of benzene rings is 1. The van der Waals surface area contributed by atoms with Crippen molar-refractivity contribution in [1.29, 1.82) is 0 Å². The number of ether oxygens (including phenoxy) is 3. The quantitative estimate of drug-likeness (QED) is 0.0830. The summed E-state index contributed by atoms with van der Waals surface area (Å²) in [6, 6.07) is 8.74. The monoisotopic (exact) mass is 628 g/mol. The fourth-order valence-electron chi connectivity index (χ4n) is 4.14. The average molecular weight is 629 g/mol. The van der Waals surface area contributed by atoms with E-state index >= 15 is 4.39 Å². The van der Waals surface area contributed by atoms with Crippen LogP contribution < -0.4 is 10.1 Å². The van der Waals surface area contributed by atoms with Crippen LogP contribution in [0.4, 0.5) is 9.52 Å². The highest BCUT2D eigenvalue weighted by molar-refractivity contribution is 7.16. The number of aromatic nitrogens is 1. The van der Waals surface area contributed by atoms with E-state index in [1.54, 1.807) is 36.7 Å². The number of rotatable bonds is 18. The Bertz CT molecular complexity index is 1410. The summed E-state index contributed by atoms with van der Waals surface area (Å²) < 4.78 is 31.0. The third-order valence-electron chi connectivity index (χ3n) is 6.23. The van der Waals surface area contributed by atoms with Gasteiger partial charge in [0.25, 0.3) is 0 Å². The summed E-state index contributed by atoms with van der Waals surface area (Å²) in [4.78, 5) is 19.3. The molecule has 0 spiro atoms. The minimum absolute atomic E-state index is 0.143. The highest BCUT2D eigenvalue weighted by Gasteiger charge is 2.20. The second-order valence-electron chi connectivity index (χ2n) is 10.1. The zero-order valence-corrected chi connectivity index (χ0v) is 27.1. The number of hydrogen-bond acceptors (Lipinski definition) is 8. The van der Waals surface area contributed by atoms with Crippen LogP contribution in [0.5, 0.6) is 5.75 Å². The first kappa shape index (κ1) is 34.2. The summed E-state index contributed by atoms with van der Waals surface area (Å²) >= 11 is 3.01. The number of thiazole rings is 1. The molecule has 2 N–H and O–H groups in total. The SMILES string of the molecule is C\C=C(/C=C(C(=O)O)\C(=C/CCC)Nc1nc(-c2ccc(OCCOCCOC)c(F)c2)c(CC(C)C)s1)c1cccs1. The van der Waals surface area contributed by atoms with E-state index in [1.807, 2.05) is 43.5 Å². The van der Waals surface area contributed by atoms with Crippen molar-refractivity contribution >= 4 is 39.3 Å². The second-order valence-corrected chi connectivity index (χ2v) is 12.1. The van der Waals surface area contributed by atoms with E-state index in [2.05, 4.69) is 19.2 Å². The van der Waals surface area contributed by atoms with Crippen LogP contribution in [-0.4, -0.2) is 49.6 Å². The highest BCUT2D eigenvalue weighted by atomic mass is 32.1. The lowest BCUT2D eigenvalue weighted by Gasteiger charge is -2.11. The van der Waals surface area contributed by atoms with E-state index in [0.29, 0.717) is 54.2 Å². The van der Waals surface area contributed by atoms with E-state index < -0.39 is 11.8 Å². The maximum atomic E-state index is 15.1. The molecule has 2 heterocycles. The molecular weight excluding hydrogens is 588 g/mol. The molecule has 0 aliphatic rings. The average Bonchev–Trinajstić information content (AvgIpc) is 3.64. The number of halogens is 1. The Morgan fingerprint density at radius 3 is 2.60 bits per heavy atom. The number of thiophene rings is 1. The standard InChI is InChI=1S/C33H41FN2O5S2/c1-6-8-10-27(25(32(37)38)20-23(7-2)29-11-9-18-42-29)35-33-36-31(30(43-33)19-22(3)4)24-12-13-28(26(34)21-24)41-17-16-40-15-14-39-5/h7,9-13,18,20-22H,6,8,14-17,19H2,1-5H3,(H,35,36)(H,37,38)/b23-7+,25-20+,27-10+. The van der Waals surface area contributed by atoms with Crippen LogP contribution in [0.15, 0.2) is 65.2 Å². The first-order valence-corrected chi connectivity index (χ1v) is 16.1. The van der Waals surface area contributed by atoms with Gasteiger partial charge in [-0.3, -0.25) is 0 Å². The maximum Gasteiger partial charge on any atom is 0.337 e. The first-order chi connectivity index (χ1) is 20.8. The van der Waals surface area contributed by atoms with E-state index in [-0.39, 0.29) is 17.9 Å². The summed E-state index contributed by atoms with van der Waals surface area (Å²) in [5.74, 6) is -1.04. The van der Waals surface area contributed by atoms with E-state index in [1.165, 1.54) is 17.4 Å². The number of hydrogen-bond donors (Lipinski definition) is 2. The smallest absolute Gasteiger partial charge is 0.337 e. The molecule has 10 heteroatoms. The predicted octanol–water partition coefficient (Wildman–Crippen LogP) is 8.46. The molecule has 0 fully saturated rings. The third kappa shape index (κ3) is 10.4. The van der Waals surface area contributed by atoms with Crippen LogP contribution in [0.25, 0.3) is 16.8 Å². The Hall–Kier alpha value is -3.31. The largest absolute Gasteiger partial charge is 0.488 e. The van der Waals surface area contributed by atoms with E-state index in [0.717, 1.165) is 28.2 Å². The van der Waals surface area contributed by atoms with Crippen LogP contribution in [0.2, 0.25) is 0 Å². The van der Waals surface area contributed by atoms with E-state index in [4.69, 9.17) is 19.2 Å². The molecule has 43 heavy (non-hydrogen) atoms. The van der Waals surface area contributed by atoms with Gasteiger partial charge in [-0.05, 0) is 67.0 Å². The van der Waals surface area contributed by atoms with Gasteiger partial charge in [0.2, 0.25) is 0 Å². The molecule has 0 saturated heterocycles. The number of methoxy groups -OCH3 is 1. The number of nitrogens with zero attached hydrogens (tertiary/aromatic N) is 1. The van der Waals surface area contributed by atoms with Gasteiger partial charge in [-0.15, -0.1) is 22.7 Å². The van der Waals surface area contributed by atoms with Gasteiger partial charge < -0.3 is 24.6 Å². The first-order valence-electron chi connectivity index (χ1n) is 14.4. The summed E-state index contributed by atoms with van der Waals surface area (Å²) in [7, 11) is 1.60. The Kier molecular flexibility index (Phi) is 14.1. The van der Waals surface area contributed by atoms with Gasteiger partial charge in [-0.1, -0.05) is 45.4 Å². The summed E-state index contributed by atoms with van der Waals surface area (Å²) in [6.45, 7) is 9.65. The number of aliphatic carboxylic acids is 1. The van der Waals surface area contributed by atoms with Crippen LogP contribution in [0.3, 0.4) is 0 Å². The summed E-state index contributed by atoms with van der Waals surface area (Å²) in [5.41, 5.74) is 2.75. The molecule has 232 valence electrons. The molecule has 0 atom stereocenters. The van der Waals surface area contributed by atoms with Crippen molar-refractivity contribution in [2.75, 3.05) is 38.9 Å². The van der Waals surface area contributed by atoms with Crippen LogP contribution >= 0.6 is 22.7 Å². The van der Waals surface area contributed by atoms with Crippen LogP contribution in [0.1, 0.15) is 50.3 Å². The minimum Gasteiger partial charge on any atom is -0.488 e. The van der Waals surface area contributed by atoms with Crippen molar-refractivity contribution < 1.29 is 28.5 Å². The van der Waals surface area contributed by atoms with Crippen molar-refractivity contribution in [3.8, 4) is 17.0 Å². The minimum atomic E-state index is -1.04. The van der Waals surface area contributed by atoms with Gasteiger partial charge in [0.15, 0.2) is 16.7 Å². The fourth-order valence-corrected chi connectivity index (χ4v) is 6.12. The maximum absolute atomic E-state index is 15.1. The molecule has 0 aliphatic heterocycles. The lowest BCUT2D eigenvalue weighted by molar-refractivity contribution is -0.132. The molecule has 3 rings (SSSR count). The van der Waals surface area contributed by atoms with Crippen molar-refractivity contribution in [2.24, 2.45) is 5.92 Å². The molecule has 0 saturated carbocycles. The molecule has 0 aliphatic carbocycles. The molecule has 7 nitrogen and oxygen atoms in total. The Balaban J connectivity index is 1.91. The molecule has 0 radical (unpaired) electrons. The Morgan fingerprint density at radius 2 is 1.98 bits per heavy atom. The van der Waals surface area contributed by atoms with Gasteiger partial charge in [0.1, 0.15) is 6.61 Å². The van der Waals surface area contributed by atoms with E-state index in [9.17, 15) is 9.90 Å². The molecule has 3 aromatic rings. The fraction of sp³-hybridized carbons (Fsp3) is 0.394. The lowest BCUT2D eigenvalue weighted by atomic mass is 10.0. The van der Waals surface area contributed by atoms with Crippen molar-refractivity contribution in [1.82, 2.24) is 4.98 Å². The number of unbranched alkanes of at least 4 members (excludes halogenated alkanes) is 1. The molecule has 1 aromatic carbocycles. The van der Waals surface area contributed by atoms with Gasteiger partial charge in [-0.25, -0.2) is 14.2 Å². The number of allylic oxidation sites excluding steroid dienone is 4. The van der Waals surface area contributed by atoms with Crippen LogP contribution in [-0.2, 0) is 20.7 Å². The number of anilines is 1. The van der Waals surface area contributed by atoms with Gasteiger partial charge in [0.05, 0.1) is 36.8 Å². The molecule has 0 amide bonds. The van der Waals surface area contributed by atoms with Gasteiger partial charge >= 0.3 is 5.97 Å². The molecule has 0 unspecified atom stereocenters. The molecule has 2 aromatic heterocycles. The molecular formula is C33H41FN2O5S2. The summed E-state index contributed by atoms with van der Waals surface area (Å²) in [5, 5.41) is 16.1. The highest BCUT2D eigenvalue weighted by Crippen LogP contribution is 2.36. The Morgan fingerprint density at radius 1 is 1.19 bits per heavy atom. The van der Waals surface area contributed by atoms with Crippen LogP contribution in [0, 0.1) is 11.7 Å². The zero-order chi connectivity index (χ0) is 31.2. The normalized spacial score (nSPS) is 12.7. The number of carboxylic acid groups (broad SMARTS) is 1. The van der Waals surface area contributed by atoms with Crippen molar-refractivity contribution in [3.63, 3.8) is 0 Å². The Labute approximate surface area is 261 Å². The second kappa shape index (κ2) is 17.7. The number of carboxylic acids is 1. The van der Waals surface area contributed by atoms with Gasteiger partial charge in [0, 0.05) is 22.4 Å². The molecule has 0 bridgehead atoms. The lowest BCUT2D eigenvalue weighted by Crippen LogP contribution is -2.11. The van der Waals surface area contributed by atoms with Gasteiger partial charge in [-0.2, -0.15) is 0 Å². The van der Waals surface area contributed by atoms with Crippen molar-refractivity contribution in [2.45, 2.75) is 47.0 Å².